The summed E-state index contributed by atoms with van der Waals surface area (Å²) >= 11 is 6.00. The summed E-state index contributed by atoms with van der Waals surface area (Å²) in [6.45, 7) is -0.229. The third kappa shape index (κ3) is 5.05. The van der Waals surface area contributed by atoms with Gasteiger partial charge in [-0.05, 0) is 47.1 Å². The molecule has 35 heavy (non-hydrogen) atoms. The minimum Gasteiger partial charge on any atom is -0.436 e. The maximum Gasteiger partial charge on any atom is 0.267 e. The Balaban J connectivity index is 1.54. The van der Waals surface area contributed by atoms with Gasteiger partial charge in [-0.15, -0.1) is 10.2 Å². The van der Waals surface area contributed by atoms with E-state index in [2.05, 4.69) is 25.3 Å². The number of hydrogen-bond acceptors (Lipinski definition) is 9. The van der Waals surface area contributed by atoms with Crippen molar-refractivity contribution in [3.05, 3.63) is 99.5 Å². The van der Waals surface area contributed by atoms with Gasteiger partial charge >= 0.3 is 0 Å². The highest BCUT2D eigenvalue weighted by Crippen LogP contribution is 2.22. The zero-order valence-corrected chi connectivity index (χ0v) is 18.7. The molecule has 0 unspecified atom stereocenters. The van der Waals surface area contributed by atoms with E-state index in [0.29, 0.717) is 28.0 Å². The minimum absolute atomic E-state index is 0.00495. The molecule has 0 fully saturated rings. The average molecular weight is 493 g/mol. The van der Waals surface area contributed by atoms with Gasteiger partial charge < -0.3 is 23.8 Å². The number of benzene rings is 2. The van der Waals surface area contributed by atoms with Crippen molar-refractivity contribution in [1.82, 2.24) is 24.9 Å². The van der Waals surface area contributed by atoms with E-state index in [1.54, 1.807) is 42.5 Å². The van der Waals surface area contributed by atoms with E-state index in [-0.39, 0.29) is 23.9 Å². The molecule has 0 aliphatic carbocycles. The molecule has 0 saturated heterocycles. The predicted molar refractivity (Wildman–Crippen MR) is 123 cm³/mol. The maximum absolute atomic E-state index is 13.4. The number of H-pyrrole nitrogens is 1. The molecule has 0 aliphatic heterocycles. The molecule has 0 aliphatic rings. The van der Waals surface area contributed by atoms with Crippen LogP contribution in [0.1, 0.15) is 11.5 Å². The van der Waals surface area contributed by atoms with Crippen LogP contribution in [0.2, 0.25) is 5.02 Å². The van der Waals surface area contributed by atoms with E-state index in [0.717, 1.165) is 5.56 Å². The normalized spacial score (nSPS) is 11.7. The first-order chi connectivity index (χ1) is 17.1. The summed E-state index contributed by atoms with van der Waals surface area (Å²) in [5.41, 5.74) is 1.43. The molecule has 3 heterocycles. The summed E-state index contributed by atoms with van der Waals surface area (Å²) in [7, 11) is 0. The van der Waals surface area contributed by atoms with Gasteiger partial charge in [0, 0.05) is 17.3 Å². The molecule has 0 bridgehead atoms. The Labute approximate surface area is 201 Å². The summed E-state index contributed by atoms with van der Waals surface area (Å²) in [5, 5.41) is 21.1. The van der Waals surface area contributed by atoms with Crippen molar-refractivity contribution in [2.75, 3.05) is 0 Å². The van der Waals surface area contributed by atoms with Gasteiger partial charge in [0.05, 0.1) is 12.2 Å². The van der Waals surface area contributed by atoms with Crippen LogP contribution >= 0.6 is 11.6 Å². The predicted octanol–water partition coefficient (Wildman–Crippen LogP) is 3.43. The highest BCUT2D eigenvalue weighted by molar-refractivity contribution is 6.30. The van der Waals surface area contributed by atoms with E-state index in [1.807, 2.05) is 12.1 Å². The molecule has 0 saturated carbocycles. The van der Waals surface area contributed by atoms with Crippen molar-refractivity contribution in [1.29, 1.82) is 0 Å². The lowest BCUT2D eigenvalue weighted by Crippen LogP contribution is -2.36. The van der Waals surface area contributed by atoms with Crippen molar-refractivity contribution in [3.63, 3.8) is 0 Å². The van der Waals surface area contributed by atoms with Crippen LogP contribution in [0.3, 0.4) is 0 Å². The van der Waals surface area contributed by atoms with Gasteiger partial charge in [-0.25, -0.2) is 4.99 Å². The number of halogens is 1. The zero-order valence-electron chi connectivity index (χ0n) is 18.0. The third-order valence-corrected chi connectivity index (χ3v) is 5.12. The molecule has 0 atom stereocenters. The van der Waals surface area contributed by atoms with E-state index in [1.165, 1.54) is 17.0 Å². The van der Waals surface area contributed by atoms with Crippen LogP contribution in [0.25, 0.3) is 11.5 Å². The Hall–Kier alpha value is -4.48. The number of aromatic nitrogens is 5. The number of hydrogen-bond donors (Lipinski definition) is 2. The first kappa shape index (κ1) is 22.3. The minimum atomic E-state index is -0.431. The third-order valence-electron chi connectivity index (χ3n) is 4.87. The standard InChI is InChI=1S/C23H17ClN6O5/c24-15-3-1-14(2-4-15)12-30-22(32)18(21-28-27-20(13-31)35-21)11-25-23(30)26-16-5-7-17(8-6-16)34-19-9-10-33-29-19/h1-11,31H,12-13H2,(H,25,26). The lowest BCUT2D eigenvalue weighted by atomic mass is 10.2. The van der Waals surface area contributed by atoms with Crippen molar-refractivity contribution >= 4 is 17.3 Å². The van der Waals surface area contributed by atoms with Crippen LogP contribution in [-0.4, -0.2) is 30.0 Å². The summed E-state index contributed by atoms with van der Waals surface area (Å²) < 4.78 is 17.1. The number of ether oxygens (including phenoxy) is 1. The molecule has 2 aromatic carbocycles. The quantitative estimate of drug-likeness (QED) is 0.351. The molecule has 176 valence electrons. The summed E-state index contributed by atoms with van der Waals surface area (Å²) in [5.74, 6) is 0.874. The second-order valence-electron chi connectivity index (χ2n) is 7.25. The van der Waals surface area contributed by atoms with Crippen molar-refractivity contribution in [2.45, 2.75) is 13.2 Å². The Morgan fingerprint density at radius 1 is 1.09 bits per heavy atom. The average Bonchev–Trinajstić information content (AvgIpc) is 3.56. The lowest BCUT2D eigenvalue weighted by molar-refractivity contribution is 0.241. The van der Waals surface area contributed by atoms with E-state index < -0.39 is 12.2 Å². The molecule has 5 aromatic rings. The molecule has 5 rings (SSSR count). The number of aliphatic hydroxyl groups excluding tert-OH is 1. The van der Waals surface area contributed by atoms with E-state index in [4.69, 9.17) is 25.3 Å². The molecule has 0 spiro atoms. The van der Waals surface area contributed by atoms with Crippen molar-refractivity contribution in [2.24, 2.45) is 4.99 Å². The fraction of sp³-hybridized carbons (Fsp3) is 0.0870. The fourth-order valence-electron chi connectivity index (χ4n) is 3.20. The second kappa shape index (κ2) is 9.79. The van der Waals surface area contributed by atoms with Crippen LogP contribution in [-0.2, 0) is 13.2 Å². The number of aromatic amines is 1. The highest BCUT2D eigenvalue weighted by Gasteiger charge is 2.15. The Kier molecular flexibility index (Phi) is 6.24. The smallest absolute Gasteiger partial charge is 0.267 e. The molecule has 2 N–H and O–H groups in total. The molecule has 0 amide bonds. The number of rotatable bonds is 7. The molecule has 0 radical (unpaired) electrons. The van der Waals surface area contributed by atoms with Gasteiger partial charge in [-0.3, -0.25) is 9.36 Å². The topological polar surface area (TPSA) is 145 Å². The molecular formula is C23H17ClN6O5. The van der Waals surface area contributed by atoms with Gasteiger partial charge in [0.15, 0.2) is 0 Å². The van der Waals surface area contributed by atoms with Crippen LogP contribution in [0, 0.1) is 0 Å². The number of nitrogens with zero attached hydrogens (tertiary/aromatic N) is 5. The van der Waals surface area contributed by atoms with Crippen LogP contribution in [0.15, 0.2) is 85.8 Å². The molecule has 12 heteroatoms. The highest BCUT2D eigenvalue weighted by atomic mass is 35.5. The van der Waals surface area contributed by atoms with Gasteiger partial charge in [-0.1, -0.05) is 23.7 Å². The SMILES string of the molecule is O=c1c(-c2nnc(CO)o2)c[nH]/c(=N\c2ccc(Oc3ccon3)cc2)n1Cc1ccc(Cl)cc1. The van der Waals surface area contributed by atoms with Crippen LogP contribution in [0.4, 0.5) is 5.69 Å². The molecular weight excluding hydrogens is 476 g/mol. The monoisotopic (exact) mass is 492 g/mol. The second-order valence-corrected chi connectivity index (χ2v) is 7.68. The first-order valence-electron chi connectivity index (χ1n) is 10.3. The van der Waals surface area contributed by atoms with Gasteiger partial charge in [0.2, 0.25) is 11.5 Å². The van der Waals surface area contributed by atoms with Crippen LogP contribution < -0.4 is 15.9 Å². The summed E-state index contributed by atoms with van der Waals surface area (Å²) in [4.78, 5) is 21.0. The maximum atomic E-state index is 13.4. The van der Waals surface area contributed by atoms with Gasteiger partial charge in [-0.2, -0.15) is 0 Å². The Morgan fingerprint density at radius 3 is 2.57 bits per heavy atom. The fourth-order valence-corrected chi connectivity index (χ4v) is 3.32. The molecule has 3 aromatic heterocycles. The lowest BCUT2D eigenvalue weighted by Gasteiger charge is -2.09. The van der Waals surface area contributed by atoms with Crippen molar-refractivity contribution in [3.8, 4) is 23.1 Å². The zero-order chi connectivity index (χ0) is 24.2. The largest absolute Gasteiger partial charge is 0.436 e. The van der Waals surface area contributed by atoms with Crippen LogP contribution in [0.5, 0.6) is 11.6 Å². The van der Waals surface area contributed by atoms with Crippen molar-refractivity contribution < 1.29 is 18.8 Å². The number of aliphatic hydroxyl groups is 1. The summed E-state index contributed by atoms with van der Waals surface area (Å²) in [6, 6.07) is 15.6. The number of nitrogens with one attached hydrogen (secondary N) is 1. The van der Waals surface area contributed by atoms with E-state index in [9.17, 15) is 9.90 Å². The summed E-state index contributed by atoms with van der Waals surface area (Å²) in [6.07, 6.45) is 2.85. The first-order valence-corrected chi connectivity index (χ1v) is 10.7. The van der Waals surface area contributed by atoms with E-state index >= 15 is 0 Å². The van der Waals surface area contributed by atoms with Gasteiger partial charge in [0.25, 0.3) is 17.3 Å². The molecule has 11 nitrogen and oxygen atoms in total. The Morgan fingerprint density at radius 2 is 1.89 bits per heavy atom. The van der Waals surface area contributed by atoms with Gasteiger partial charge in [0.1, 0.15) is 24.2 Å². The Bertz CT molecular complexity index is 1550.